The van der Waals surface area contributed by atoms with Gasteiger partial charge < -0.3 is 19.2 Å². The zero-order chi connectivity index (χ0) is 22.2. The Bertz CT molecular complexity index is 1240. The van der Waals surface area contributed by atoms with Gasteiger partial charge in [0, 0.05) is 28.3 Å². The number of anilines is 1. The number of benzene rings is 1. The number of nitrogens with one attached hydrogen (secondary N) is 1. The molecule has 2 atom stereocenters. The summed E-state index contributed by atoms with van der Waals surface area (Å²) in [6.45, 7) is 4.97. The quantitative estimate of drug-likeness (QED) is 0.370. The van der Waals surface area contributed by atoms with E-state index in [1.807, 2.05) is 60.8 Å². The molecule has 0 bridgehead atoms. The average Bonchev–Trinajstić information content (AvgIpc) is 3.50. The lowest BCUT2D eigenvalue weighted by Gasteiger charge is -2.28. The average molecular weight is 463 g/mol. The van der Waals surface area contributed by atoms with Gasteiger partial charge in [0.1, 0.15) is 5.76 Å². The zero-order valence-electron chi connectivity index (χ0n) is 17.8. The van der Waals surface area contributed by atoms with Crippen LogP contribution in [0.4, 0.5) is 5.69 Å². The number of furan rings is 1. The first-order chi connectivity index (χ1) is 15.5. The molecule has 7 heteroatoms. The van der Waals surface area contributed by atoms with Crippen LogP contribution in [0.15, 0.2) is 77.5 Å². The first-order valence-electron chi connectivity index (χ1n) is 10.5. The third kappa shape index (κ3) is 3.70. The SMILES string of the molecule is Cc1cc([C@H]2[C@H](c3ccccn3)NC(=S)N2c2ccc(Cl)cc2)c(C)n1Cc1ccco1. The van der Waals surface area contributed by atoms with Gasteiger partial charge in [0.25, 0.3) is 0 Å². The van der Waals surface area contributed by atoms with Gasteiger partial charge in [0.15, 0.2) is 5.11 Å². The molecule has 32 heavy (non-hydrogen) atoms. The minimum absolute atomic E-state index is 0.0601. The Kier molecular flexibility index (Phi) is 5.49. The fraction of sp³-hybridized carbons (Fsp3) is 0.200. The summed E-state index contributed by atoms with van der Waals surface area (Å²) in [7, 11) is 0. The van der Waals surface area contributed by atoms with Crippen LogP contribution in [0.1, 0.15) is 40.5 Å². The lowest BCUT2D eigenvalue weighted by atomic mass is 9.96. The second-order valence-electron chi connectivity index (χ2n) is 7.96. The van der Waals surface area contributed by atoms with E-state index in [0.29, 0.717) is 16.7 Å². The van der Waals surface area contributed by atoms with Crippen LogP contribution < -0.4 is 10.2 Å². The monoisotopic (exact) mass is 462 g/mol. The van der Waals surface area contributed by atoms with Gasteiger partial charge in [-0.2, -0.15) is 0 Å². The van der Waals surface area contributed by atoms with Crippen LogP contribution in [0.2, 0.25) is 5.02 Å². The molecule has 1 aliphatic rings. The van der Waals surface area contributed by atoms with Crippen molar-refractivity contribution >= 4 is 34.6 Å². The number of hydrogen-bond donors (Lipinski definition) is 1. The molecule has 1 aromatic carbocycles. The van der Waals surface area contributed by atoms with E-state index in [-0.39, 0.29) is 12.1 Å². The molecule has 5 nitrogen and oxygen atoms in total. The van der Waals surface area contributed by atoms with Gasteiger partial charge >= 0.3 is 0 Å². The molecule has 162 valence electrons. The Morgan fingerprint density at radius 2 is 1.91 bits per heavy atom. The summed E-state index contributed by atoms with van der Waals surface area (Å²) in [4.78, 5) is 6.81. The van der Waals surface area contributed by atoms with Crippen LogP contribution in [0.5, 0.6) is 0 Å². The van der Waals surface area contributed by atoms with Crippen molar-refractivity contribution < 1.29 is 4.42 Å². The van der Waals surface area contributed by atoms with Crippen molar-refractivity contribution in [1.29, 1.82) is 0 Å². The van der Waals surface area contributed by atoms with Crippen LogP contribution in [0.3, 0.4) is 0 Å². The van der Waals surface area contributed by atoms with Gasteiger partial charge in [-0.3, -0.25) is 4.98 Å². The Hall–Kier alpha value is -3.09. The van der Waals surface area contributed by atoms with Crippen molar-refractivity contribution in [3.05, 3.63) is 107 Å². The largest absolute Gasteiger partial charge is 0.467 e. The molecule has 0 saturated carbocycles. The molecule has 0 radical (unpaired) electrons. The molecular formula is C25H23ClN4OS. The van der Waals surface area contributed by atoms with Crippen molar-refractivity contribution in [3.63, 3.8) is 0 Å². The van der Waals surface area contributed by atoms with E-state index in [4.69, 9.17) is 28.2 Å². The van der Waals surface area contributed by atoms with E-state index < -0.39 is 0 Å². The standard InChI is InChI=1S/C25H23ClN4OS/c1-16-14-21(17(2)29(16)15-20-6-5-13-31-20)24-23(22-7-3-4-12-27-22)28-25(32)30(24)19-10-8-18(26)9-11-19/h3-14,23-24H,15H2,1-2H3,(H,28,32)/t23-,24-/m0/s1. The number of pyridine rings is 1. The maximum absolute atomic E-state index is 6.16. The molecule has 0 amide bonds. The molecular weight excluding hydrogens is 440 g/mol. The molecule has 4 aromatic rings. The van der Waals surface area contributed by atoms with Crippen LogP contribution in [-0.2, 0) is 6.54 Å². The van der Waals surface area contributed by atoms with Gasteiger partial charge in [-0.05, 0) is 86.2 Å². The highest BCUT2D eigenvalue weighted by Crippen LogP contribution is 2.43. The fourth-order valence-corrected chi connectivity index (χ4v) is 4.95. The third-order valence-corrected chi connectivity index (χ3v) is 6.59. The van der Waals surface area contributed by atoms with Gasteiger partial charge in [-0.15, -0.1) is 0 Å². The lowest BCUT2D eigenvalue weighted by Crippen LogP contribution is -2.29. The topological polar surface area (TPSA) is 46.2 Å². The van der Waals surface area contributed by atoms with Crippen molar-refractivity contribution in [3.8, 4) is 0 Å². The summed E-state index contributed by atoms with van der Waals surface area (Å²) < 4.78 is 7.89. The van der Waals surface area contributed by atoms with Crippen LogP contribution in [0.25, 0.3) is 0 Å². The highest BCUT2D eigenvalue weighted by Gasteiger charge is 2.42. The molecule has 0 aliphatic carbocycles. The van der Waals surface area contributed by atoms with Gasteiger partial charge in [-0.25, -0.2) is 0 Å². The Balaban J connectivity index is 1.62. The lowest BCUT2D eigenvalue weighted by molar-refractivity contribution is 0.488. The smallest absolute Gasteiger partial charge is 0.174 e. The Labute approximate surface area is 197 Å². The van der Waals surface area contributed by atoms with Crippen LogP contribution in [0, 0.1) is 13.8 Å². The molecule has 1 aliphatic heterocycles. The summed E-state index contributed by atoms with van der Waals surface area (Å²) in [5, 5.41) is 4.88. The minimum atomic E-state index is -0.0862. The third-order valence-electron chi connectivity index (χ3n) is 6.03. The first-order valence-corrected chi connectivity index (χ1v) is 11.3. The van der Waals surface area contributed by atoms with Gasteiger partial charge in [-0.1, -0.05) is 17.7 Å². The van der Waals surface area contributed by atoms with Crippen molar-refractivity contribution in [2.45, 2.75) is 32.5 Å². The van der Waals surface area contributed by atoms with E-state index >= 15 is 0 Å². The second-order valence-corrected chi connectivity index (χ2v) is 8.79. The number of aromatic nitrogens is 2. The molecule has 5 rings (SSSR count). The van der Waals surface area contributed by atoms with Crippen molar-refractivity contribution in [2.24, 2.45) is 0 Å². The van der Waals surface area contributed by atoms with E-state index in [1.165, 1.54) is 17.0 Å². The fourth-order valence-electron chi connectivity index (χ4n) is 4.48. The predicted molar refractivity (Wildman–Crippen MR) is 131 cm³/mol. The summed E-state index contributed by atoms with van der Waals surface area (Å²) in [6, 6.07) is 19.8. The number of hydrogen-bond acceptors (Lipinski definition) is 3. The molecule has 1 N–H and O–H groups in total. The minimum Gasteiger partial charge on any atom is -0.467 e. The number of rotatable bonds is 5. The summed E-state index contributed by atoms with van der Waals surface area (Å²) >= 11 is 12.0. The predicted octanol–water partition coefficient (Wildman–Crippen LogP) is 5.97. The van der Waals surface area contributed by atoms with E-state index in [9.17, 15) is 0 Å². The Morgan fingerprint density at radius 3 is 2.59 bits per heavy atom. The molecule has 0 spiro atoms. The maximum Gasteiger partial charge on any atom is 0.174 e. The number of aryl methyl sites for hydroxylation is 1. The molecule has 1 fully saturated rings. The zero-order valence-corrected chi connectivity index (χ0v) is 19.4. The molecule has 3 aromatic heterocycles. The van der Waals surface area contributed by atoms with Gasteiger partial charge in [0.05, 0.1) is 30.6 Å². The van der Waals surface area contributed by atoms with E-state index in [0.717, 1.165) is 17.1 Å². The van der Waals surface area contributed by atoms with E-state index in [2.05, 4.69) is 39.7 Å². The van der Waals surface area contributed by atoms with E-state index in [1.54, 1.807) is 6.26 Å². The summed E-state index contributed by atoms with van der Waals surface area (Å²) in [6.07, 6.45) is 3.53. The Morgan fingerprint density at radius 1 is 1.09 bits per heavy atom. The normalized spacial score (nSPS) is 18.2. The molecule has 1 saturated heterocycles. The highest BCUT2D eigenvalue weighted by molar-refractivity contribution is 7.80. The number of halogens is 1. The second kappa shape index (κ2) is 8.45. The first kappa shape index (κ1) is 20.8. The molecule has 0 unspecified atom stereocenters. The van der Waals surface area contributed by atoms with Crippen LogP contribution in [-0.4, -0.2) is 14.7 Å². The van der Waals surface area contributed by atoms with Crippen LogP contribution >= 0.6 is 23.8 Å². The number of nitrogens with zero attached hydrogens (tertiary/aromatic N) is 3. The maximum atomic E-state index is 6.16. The van der Waals surface area contributed by atoms with Crippen molar-refractivity contribution in [2.75, 3.05) is 4.90 Å². The van der Waals surface area contributed by atoms with Gasteiger partial charge in [0.2, 0.25) is 0 Å². The highest BCUT2D eigenvalue weighted by atomic mass is 35.5. The molecule has 4 heterocycles. The van der Waals surface area contributed by atoms with Crippen molar-refractivity contribution in [1.82, 2.24) is 14.9 Å². The number of thiocarbonyl (C=S) groups is 1. The summed E-state index contributed by atoms with van der Waals surface area (Å²) in [5.74, 6) is 0.925. The summed E-state index contributed by atoms with van der Waals surface area (Å²) in [5.41, 5.74) is 5.49.